The lowest BCUT2D eigenvalue weighted by Gasteiger charge is -2.27. The van der Waals surface area contributed by atoms with Crippen LogP contribution < -0.4 is 0 Å². The van der Waals surface area contributed by atoms with Crippen LogP contribution in [0.15, 0.2) is 30.5 Å². The molecule has 3 rings (SSSR count). The summed E-state index contributed by atoms with van der Waals surface area (Å²) in [5, 5.41) is 1.37. The molecule has 1 saturated carbocycles. The van der Waals surface area contributed by atoms with E-state index in [2.05, 4.69) is 35.0 Å². The third-order valence-corrected chi connectivity index (χ3v) is 3.90. The first-order chi connectivity index (χ1) is 8.40. The summed E-state index contributed by atoms with van der Waals surface area (Å²) in [6.07, 6.45) is 6.29. The highest BCUT2D eigenvalue weighted by Crippen LogP contribution is 2.39. The molecule has 0 atom stereocenters. The number of aromatic nitrogens is 1. The highest BCUT2D eigenvalue weighted by Gasteiger charge is 2.22. The number of fused-ring (bicyclic) bond motifs is 1. The van der Waals surface area contributed by atoms with Crippen LogP contribution in [0.5, 0.6) is 0 Å². The van der Waals surface area contributed by atoms with Gasteiger partial charge in [0.2, 0.25) is 0 Å². The Kier molecular flexibility index (Phi) is 2.89. The molecule has 1 aromatic carbocycles. The van der Waals surface area contributed by atoms with Gasteiger partial charge in [0.15, 0.2) is 0 Å². The summed E-state index contributed by atoms with van der Waals surface area (Å²) >= 11 is 0. The van der Waals surface area contributed by atoms with Gasteiger partial charge in [-0.25, -0.2) is 0 Å². The maximum Gasteiger partial charge on any atom is 0.0641 e. The number of nitrogens with zero attached hydrogens (tertiary/aromatic N) is 1. The van der Waals surface area contributed by atoms with Crippen molar-refractivity contribution in [1.29, 1.82) is 0 Å². The lowest BCUT2D eigenvalue weighted by Crippen LogP contribution is -2.11. The van der Waals surface area contributed by atoms with E-state index in [0.29, 0.717) is 0 Å². The minimum atomic E-state index is 0.781. The topological polar surface area (TPSA) is 14.2 Å². The van der Waals surface area contributed by atoms with Gasteiger partial charge in [-0.1, -0.05) is 24.6 Å². The molecule has 90 valence electrons. The summed E-state index contributed by atoms with van der Waals surface area (Å²) < 4.78 is 7.52. The van der Waals surface area contributed by atoms with Gasteiger partial charge in [-0.05, 0) is 35.8 Å². The van der Waals surface area contributed by atoms with E-state index in [1.807, 2.05) is 0 Å². The van der Waals surface area contributed by atoms with E-state index in [9.17, 15) is 0 Å². The van der Waals surface area contributed by atoms with Gasteiger partial charge in [0.1, 0.15) is 0 Å². The van der Waals surface area contributed by atoms with Gasteiger partial charge < -0.3 is 9.30 Å². The molecule has 0 bridgehead atoms. The first-order valence-corrected chi connectivity index (χ1v) is 6.47. The normalized spacial score (nSPS) is 16.3. The Balaban J connectivity index is 2.04. The van der Waals surface area contributed by atoms with E-state index in [1.165, 1.54) is 35.7 Å². The molecule has 0 unspecified atom stereocenters. The molecular weight excluding hydrogens is 210 g/mol. The van der Waals surface area contributed by atoms with Gasteiger partial charge in [0.25, 0.3) is 0 Å². The molecule has 2 aromatic rings. The first-order valence-electron chi connectivity index (χ1n) is 6.47. The molecule has 1 fully saturated rings. The third kappa shape index (κ3) is 1.87. The summed E-state index contributed by atoms with van der Waals surface area (Å²) in [5.74, 6) is 0.787. The molecule has 0 radical (unpaired) electrons. The van der Waals surface area contributed by atoms with Gasteiger partial charge in [-0.15, -0.1) is 0 Å². The maximum absolute atomic E-state index is 5.18. The molecule has 0 spiro atoms. The second kappa shape index (κ2) is 4.53. The molecular formula is C15H19NO. The largest absolute Gasteiger partial charge is 0.383 e. The minimum Gasteiger partial charge on any atom is -0.383 e. The molecule has 0 aliphatic heterocycles. The number of benzene rings is 1. The second-order valence-corrected chi connectivity index (χ2v) is 4.91. The molecule has 1 heterocycles. The first kappa shape index (κ1) is 10.8. The molecule has 0 N–H and O–H groups in total. The number of hydrogen-bond donors (Lipinski definition) is 0. The molecule has 0 saturated heterocycles. The number of hydrogen-bond acceptors (Lipinski definition) is 1. The zero-order valence-corrected chi connectivity index (χ0v) is 10.4. The molecule has 1 aromatic heterocycles. The SMILES string of the molecule is COCCn1ccc2cccc(C3CCC3)c21. The van der Waals surface area contributed by atoms with E-state index in [-0.39, 0.29) is 0 Å². The summed E-state index contributed by atoms with van der Waals surface area (Å²) in [7, 11) is 1.76. The van der Waals surface area contributed by atoms with Gasteiger partial charge in [0.05, 0.1) is 12.1 Å². The average molecular weight is 229 g/mol. The van der Waals surface area contributed by atoms with E-state index >= 15 is 0 Å². The third-order valence-electron chi connectivity index (χ3n) is 3.90. The quantitative estimate of drug-likeness (QED) is 0.782. The Labute approximate surface area is 102 Å². The summed E-state index contributed by atoms with van der Waals surface area (Å²) in [5.41, 5.74) is 2.96. The van der Waals surface area contributed by atoms with Gasteiger partial charge in [-0.3, -0.25) is 0 Å². The van der Waals surface area contributed by atoms with Gasteiger partial charge in [0, 0.05) is 19.9 Å². The van der Waals surface area contributed by atoms with Crippen LogP contribution in [0.3, 0.4) is 0 Å². The molecule has 1 aliphatic rings. The highest BCUT2D eigenvalue weighted by molar-refractivity contribution is 5.84. The fourth-order valence-corrected chi connectivity index (χ4v) is 2.72. The molecule has 1 aliphatic carbocycles. The smallest absolute Gasteiger partial charge is 0.0641 e. The molecule has 17 heavy (non-hydrogen) atoms. The van der Waals surface area contributed by atoms with Crippen LogP contribution in [0.4, 0.5) is 0 Å². The minimum absolute atomic E-state index is 0.781. The molecule has 0 amide bonds. The number of rotatable bonds is 4. The van der Waals surface area contributed by atoms with Crippen LogP contribution in [-0.2, 0) is 11.3 Å². The molecule has 2 nitrogen and oxygen atoms in total. The van der Waals surface area contributed by atoms with Crippen molar-refractivity contribution in [2.24, 2.45) is 0 Å². The van der Waals surface area contributed by atoms with Gasteiger partial charge in [-0.2, -0.15) is 0 Å². The van der Waals surface area contributed by atoms with Crippen LogP contribution in [-0.4, -0.2) is 18.3 Å². The lowest BCUT2D eigenvalue weighted by molar-refractivity contribution is 0.188. The Bertz CT molecular complexity index is 511. The highest BCUT2D eigenvalue weighted by atomic mass is 16.5. The van der Waals surface area contributed by atoms with Crippen molar-refractivity contribution in [3.63, 3.8) is 0 Å². The Morgan fingerprint density at radius 3 is 2.88 bits per heavy atom. The number of methoxy groups -OCH3 is 1. The van der Waals surface area contributed by atoms with Crippen LogP contribution in [0.25, 0.3) is 10.9 Å². The lowest BCUT2D eigenvalue weighted by atomic mass is 9.79. The zero-order valence-electron chi connectivity index (χ0n) is 10.4. The second-order valence-electron chi connectivity index (χ2n) is 4.91. The predicted octanol–water partition coefficient (Wildman–Crippen LogP) is 3.56. The summed E-state index contributed by atoms with van der Waals surface area (Å²) in [6.45, 7) is 1.73. The van der Waals surface area contributed by atoms with E-state index in [0.717, 1.165) is 19.1 Å². The monoisotopic (exact) mass is 229 g/mol. The van der Waals surface area contributed by atoms with Crippen molar-refractivity contribution in [1.82, 2.24) is 4.57 Å². The van der Waals surface area contributed by atoms with Crippen molar-refractivity contribution in [3.05, 3.63) is 36.0 Å². The zero-order chi connectivity index (χ0) is 11.7. The number of ether oxygens (including phenoxy) is 1. The predicted molar refractivity (Wildman–Crippen MR) is 70.4 cm³/mol. The Morgan fingerprint density at radius 2 is 2.18 bits per heavy atom. The van der Waals surface area contributed by atoms with E-state index < -0.39 is 0 Å². The summed E-state index contributed by atoms with van der Waals surface area (Å²) in [4.78, 5) is 0. The van der Waals surface area contributed by atoms with Crippen molar-refractivity contribution in [2.45, 2.75) is 31.7 Å². The van der Waals surface area contributed by atoms with Crippen molar-refractivity contribution < 1.29 is 4.74 Å². The van der Waals surface area contributed by atoms with Crippen LogP contribution in [0, 0.1) is 0 Å². The van der Waals surface area contributed by atoms with Gasteiger partial charge >= 0.3 is 0 Å². The fourth-order valence-electron chi connectivity index (χ4n) is 2.72. The van der Waals surface area contributed by atoms with Crippen LogP contribution in [0.2, 0.25) is 0 Å². The Hall–Kier alpha value is -1.28. The van der Waals surface area contributed by atoms with Crippen molar-refractivity contribution >= 4 is 10.9 Å². The fraction of sp³-hybridized carbons (Fsp3) is 0.467. The molecule has 2 heteroatoms. The maximum atomic E-state index is 5.18. The van der Waals surface area contributed by atoms with Crippen LogP contribution in [0.1, 0.15) is 30.7 Å². The van der Waals surface area contributed by atoms with Crippen molar-refractivity contribution in [3.8, 4) is 0 Å². The summed E-state index contributed by atoms with van der Waals surface area (Å²) in [6, 6.07) is 8.92. The standard InChI is InChI=1S/C15H19NO/c1-17-11-10-16-9-8-13-6-3-7-14(15(13)16)12-4-2-5-12/h3,6-9,12H,2,4-5,10-11H2,1H3. The average Bonchev–Trinajstić information content (AvgIpc) is 2.68. The van der Waals surface area contributed by atoms with Crippen molar-refractivity contribution in [2.75, 3.05) is 13.7 Å². The van der Waals surface area contributed by atoms with Crippen LogP contribution >= 0.6 is 0 Å². The Morgan fingerprint density at radius 1 is 1.29 bits per heavy atom. The number of para-hydroxylation sites is 1. The van der Waals surface area contributed by atoms with E-state index in [1.54, 1.807) is 7.11 Å². The van der Waals surface area contributed by atoms with E-state index in [4.69, 9.17) is 4.74 Å².